The molecule has 3 rings (SSSR count). The molecule has 0 aromatic heterocycles. The number of nitrogens with two attached hydrogens (primary N) is 1. The number of rotatable bonds is 4. The summed E-state index contributed by atoms with van der Waals surface area (Å²) in [5.74, 6) is 0.409. The number of hydrogen-bond acceptors (Lipinski definition) is 2. The Balaban J connectivity index is 1.63. The summed E-state index contributed by atoms with van der Waals surface area (Å²) in [5.41, 5.74) is 7.59. The highest BCUT2D eigenvalue weighted by Crippen LogP contribution is 2.43. The van der Waals surface area contributed by atoms with Crippen molar-refractivity contribution in [3.63, 3.8) is 0 Å². The van der Waals surface area contributed by atoms with Crippen LogP contribution in [0, 0.1) is 0 Å². The van der Waals surface area contributed by atoms with Gasteiger partial charge in [0.15, 0.2) is 0 Å². The monoisotopic (exact) mass is 351 g/mol. The zero-order valence-corrected chi connectivity index (χ0v) is 14.3. The fourth-order valence-corrected chi connectivity index (χ4v) is 4.49. The summed E-state index contributed by atoms with van der Waals surface area (Å²) in [4.78, 5) is 0. The van der Waals surface area contributed by atoms with Gasteiger partial charge in [-0.1, -0.05) is 47.3 Å². The van der Waals surface area contributed by atoms with Gasteiger partial charge in [0.2, 0.25) is 0 Å². The average Bonchev–Trinajstić information content (AvgIpc) is 2.88. The van der Waals surface area contributed by atoms with Crippen molar-refractivity contribution in [1.29, 1.82) is 0 Å². The van der Waals surface area contributed by atoms with E-state index in [4.69, 9.17) is 10.5 Å². The second-order valence-corrected chi connectivity index (χ2v) is 7.66. The molecule has 2 N–H and O–H groups in total. The highest BCUT2D eigenvalue weighted by Gasteiger charge is 2.41. The smallest absolute Gasteiger partial charge is 0.0687 e. The first-order valence-electron chi connectivity index (χ1n) is 8.34. The molecule has 0 bridgehead atoms. The number of ether oxygens (including phenoxy) is 1. The maximum Gasteiger partial charge on any atom is 0.0687 e. The first kappa shape index (κ1) is 15.5. The fraction of sp³-hybridized carbons (Fsp3) is 0.667. The van der Waals surface area contributed by atoms with Gasteiger partial charge in [0, 0.05) is 4.47 Å². The lowest BCUT2D eigenvalue weighted by atomic mass is 9.83. The van der Waals surface area contributed by atoms with Crippen molar-refractivity contribution in [3.8, 4) is 0 Å². The van der Waals surface area contributed by atoms with Gasteiger partial charge in [0.05, 0.1) is 11.7 Å². The zero-order valence-electron chi connectivity index (χ0n) is 12.7. The van der Waals surface area contributed by atoms with Crippen LogP contribution in [0.4, 0.5) is 0 Å². The normalized spacial score (nSPS) is 26.1. The Morgan fingerprint density at radius 2 is 2.05 bits per heavy atom. The Hall–Kier alpha value is -0.380. The number of halogens is 1. The molecule has 1 aliphatic heterocycles. The molecule has 2 fully saturated rings. The van der Waals surface area contributed by atoms with E-state index in [1.54, 1.807) is 0 Å². The molecule has 2 aliphatic rings. The maximum absolute atomic E-state index is 6.51. The minimum atomic E-state index is 0.222. The molecular weight excluding hydrogens is 326 g/mol. The topological polar surface area (TPSA) is 35.2 Å². The molecule has 1 aromatic carbocycles. The summed E-state index contributed by atoms with van der Waals surface area (Å²) in [6.45, 7) is 0.698. The Morgan fingerprint density at radius 3 is 2.76 bits per heavy atom. The van der Waals surface area contributed by atoms with Gasteiger partial charge in [-0.15, -0.1) is 0 Å². The van der Waals surface area contributed by atoms with Gasteiger partial charge < -0.3 is 10.5 Å². The predicted octanol–water partition coefficient (Wildman–Crippen LogP) is 4.76. The van der Waals surface area contributed by atoms with E-state index in [0.29, 0.717) is 18.6 Å². The van der Waals surface area contributed by atoms with Gasteiger partial charge >= 0.3 is 0 Å². The average molecular weight is 352 g/mol. The highest BCUT2D eigenvalue weighted by atomic mass is 79.9. The van der Waals surface area contributed by atoms with Crippen molar-refractivity contribution in [3.05, 3.63) is 34.3 Å². The van der Waals surface area contributed by atoms with E-state index in [2.05, 4.69) is 40.2 Å². The third kappa shape index (κ3) is 3.69. The van der Waals surface area contributed by atoms with E-state index in [-0.39, 0.29) is 5.60 Å². The van der Waals surface area contributed by atoms with Crippen molar-refractivity contribution in [1.82, 2.24) is 0 Å². The molecule has 21 heavy (non-hydrogen) atoms. The Labute approximate surface area is 136 Å². The highest BCUT2D eigenvalue weighted by molar-refractivity contribution is 9.10. The maximum atomic E-state index is 6.51. The molecule has 1 aliphatic carbocycles. The van der Waals surface area contributed by atoms with Crippen LogP contribution in [0.1, 0.15) is 62.8 Å². The van der Waals surface area contributed by atoms with Crippen LogP contribution in [0.15, 0.2) is 28.7 Å². The van der Waals surface area contributed by atoms with Gasteiger partial charge in [0.25, 0.3) is 0 Å². The van der Waals surface area contributed by atoms with E-state index in [0.717, 1.165) is 10.9 Å². The first-order chi connectivity index (χ1) is 10.2. The molecule has 116 valence electrons. The molecule has 1 aromatic rings. The molecule has 2 unspecified atom stereocenters. The van der Waals surface area contributed by atoms with Crippen molar-refractivity contribution in [2.75, 3.05) is 6.54 Å². The summed E-state index contributed by atoms with van der Waals surface area (Å²) in [7, 11) is 0. The van der Waals surface area contributed by atoms with Crippen molar-refractivity contribution in [2.45, 2.75) is 69.0 Å². The fourth-order valence-electron chi connectivity index (χ4n) is 4.07. The van der Waals surface area contributed by atoms with Crippen LogP contribution in [0.3, 0.4) is 0 Å². The van der Waals surface area contributed by atoms with Crippen molar-refractivity contribution >= 4 is 15.9 Å². The minimum Gasteiger partial charge on any atom is -0.372 e. The Morgan fingerprint density at radius 1 is 1.24 bits per heavy atom. The van der Waals surface area contributed by atoms with Crippen molar-refractivity contribution < 1.29 is 4.74 Å². The van der Waals surface area contributed by atoms with Crippen LogP contribution in [0.2, 0.25) is 0 Å². The Kier molecular flexibility index (Phi) is 5.03. The van der Waals surface area contributed by atoms with Crippen LogP contribution in [0.25, 0.3) is 0 Å². The lowest BCUT2D eigenvalue weighted by Gasteiger charge is -2.33. The largest absolute Gasteiger partial charge is 0.372 e. The molecule has 1 heterocycles. The number of hydrogen-bond donors (Lipinski definition) is 1. The third-order valence-corrected chi connectivity index (χ3v) is 5.75. The second-order valence-electron chi connectivity index (χ2n) is 6.75. The van der Waals surface area contributed by atoms with E-state index in [1.807, 2.05) is 0 Å². The van der Waals surface area contributed by atoms with E-state index >= 15 is 0 Å². The molecule has 1 saturated carbocycles. The molecular formula is C18H26BrNO. The van der Waals surface area contributed by atoms with E-state index < -0.39 is 0 Å². The van der Waals surface area contributed by atoms with Crippen LogP contribution in [0.5, 0.6) is 0 Å². The lowest BCUT2D eigenvalue weighted by molar-refractivity contribution is -0.0671. The molecule has 3 heteroatoms. The molecule has 2 nitrogen and oxygen atoms in total. The van der Waals surface area contributed by atoms with Crippen molar-refractivity contribution in [2.24, 2.45) is 5.73 Å². The zero-order chi connectivity index (χ0) is 14.7. The lowest BCUT2D eigenvalue weighted by Crippen LogP contribution is -2.32. The number of benzene rings is 1. The van der Waals surface area contributed by atoms with Crippen LogP contribution < -0.4 is 5.73 Å². The minimum absolute atomic E-state index is 0.222. The van der Waals surface area contributed by atoms with Gasteiger partial charge in [-0.3, -0.25) is 0 Å². The van der Waals surface area contributed by atoms with Crippen LogP contribution >= 0.6 is 15.9 Å². The summed E-state index contributed by atoms with van der Waals surface area (Å²) >= 11 is 3.56. The Bertz CT molecular complexity index is 470. The third-order valence-electron chi connectivity index (χ3n) is 5.26. The summed E-state index contributed by atoms with van der Waals surface area (Å²) in [6.07, 6.45) is 10.6. The molecule has 0 amide bonds. The van der Waals surface area contributed by atoms with E-state index in [9.17, 15) is 0 Å². The molecule has 1 saturated heterocycles. The molecule has 0 radical (unpaired) electrons. The van der Waals surface area contributed by atoms with E-state index in [1.165, 1.54) is 50.5 Å². The van der Waals surface area contributed by atoms with Gasteiger partial charge in [-0.25, -0.2) is 0 Å². The van der Waals surface area contributed by atoms with Gasteiger partial charge in [-0.05, 0) is 62.3 Å². The summed E-state index contributed by atoms with van der Waals surface area (Å²) in [6, 6.07) is 8.55. The summed E-state index contributed by atoms with van der Waals surface area (Å²) < 4.78 is 7.64. The van der Waals surface area contributed by atoms with Crippen LogP contribution in [-0.4, -0.2) is 18.2 Å². The van der Waals surface area contributed by atoms with Gasteiger partial charge in [-0.2, -0.15) is 0 Å². The van der Waals surface area contributed by atoms with Gasteiger partial charge in [0.1, 0.15) is 0 Å². The standard InChI is InChI=1S/C18H26BrNO/c19-16-6-4-5-14(11-16)15(13-20)12-17-7-10-18(21-17)8-2-1-3-9-18/h4-6,11,15,17H,1-3,7-10,12-13,20H2. The first-order valence-corrected chi connectivity index (χ1v) is 9.13. The predicted molar refractivity (Wildman–Crippen MR) is 90.5 cm³/mol. The SMILES string of the molecule is NCC(CC1CCC2(CCCCC2)O1)c1cccc(Br)c1. The second kappa shape index (κ2) is 6.80. The quantitative estimate of drug-likeness (QED) is 0.848. The molecule has 1 spiro atoms. The van der Waals surface area contributed by atoms with Crippen LogP contribution in [-0.2, 0) is 4.74 Å². The summed E-state index contributed by atoms with van der Waals surface area (Å²) in [5, 5.41) is 0. The molecule has 2 atom stereocenters.